The quantitative estimate of drug-likeness (QED) is 0.574. The Hall–Kier alpha value is -0.220. The second-order valence-electron chi connectivity index (χ2n) is 3.05. The number of carbonyl (C=O) groups excluding carboxylic acids is 1. The molecule has 1 aliphatic rings. The number of thiol groups is 1. The molecule has 0 aromatic carbocycles. The maximum Gasteiger partial charge on any atom is 0.276 e. The lowest BCUT2D eigenvalue weighted by molar-refractivity contribution is 0.221. The van der Waals surface area contributed by atoms with E-state index in [1.165, 1.54) is 0 Å². The standard InChI is InChI=1S/C7H14N2OS/c1-9-4-2-3-6(5-9)8-7(10)11/h6H,2-5H2,1H3,(H2,8,10,11). The summed E-state index contributed by atoms with van der Waals surface area (Å²) in [6.45, 7) is 2.09. The highest BCUT2D eigenvalue weighted by Gasteiger charge is 2.17. The third kappa shape index (κ3) is 3.12. The van der Waals surface area contributed by atoms with Crippen LogP contribution in [0.1, 0.15) is 12.8 Å². The van der Waals surface area contributed by atoms with Crippen LogP contribution in [-0.2, 0) is 0 Å². The summed E-state index contributed by atoms with van der Waals surface area (Å²) in [5.41, 5.74) is 0. The molecule has 0 aliphatic carbocycles. The van der Waals surface area contributed by atoms with Gasteiger partial charge in [-0.15, -0.1) is 0 Å². The molecule has 0 radical (unpaired) electrons. The van der Waals surface area contributed by atoms with Gasteiger partial charge in [-0.3, -0.25) is 4.79 Å². The van der Waals surface area contributed by atoms with Crippen LogP contribution >= 0.6 is 12.6 Å². The van der Waals surface area contributed by atoms with Gasteiger partial charge in [0.2, 0.25) is 0 Å². The molecule has 1 aliphatic heterocycles. The molecule has 1 heterocycles. The van der Waals surface area contributed by atoms with Crippen LogP contribution in [0.5, 0.6) is 0 Å². The molecule has 1 amide bonds. The van der Waals surface area contributed by atoms with Crippen molar-refractivity contribution in [3.63, 3.8) is 0 Å². The van der Waals surface area contributed by atoms with Crippen LogP contribution in [0.15, 0.2) is 0 Å². The first-order valence-electron chi connectivity index (χ1n) is 3.86. The maximum absolute atomic E-state index is 10.6. The van der Waals surface area contributed by atoms with Crippen molar-refractivity contribution in [3.8, 4) is 0 Å². The van der Waals surface area contributed by atoms with Crippen LogP contribution in [0.3, 0.4) is 0 Å². The van der Waals surface area contributed by atoms with Gasteiger partial charge in [-0.2, -0.15) is 0 Å². The zero-order valence-corrected chi connectivity index (χ0v) is 7.60. The van der Waals surface area contributed by atoms with Gasteiger partial charge in [0, 0.05) is 12.6 Å². The van der Waals surface area contributed by atoms with Crippen molar-refractivity contribution in [2.75, 3.05) is 20.1 Å². The molecule has 1 N–H and O–H groups in total. The van der Waals surface area contributed by atoms with Crippen molar-refractivity contribution < 1.29 is 4.79 Å². The first-order valence-corrected chi connectivity index (χ1v) is 4.31. The van der Waals surface area contributed by atoms with Crippen molar-refractivity contribution in [3.05, 3.63) is 0 Å². The maximum atomic E-state index is 10.6. The SMILES string of the molecule is CN1CCCC(NC(=O)S)C1. The molecule has 1 saturated heterocycles. The van der Waals surface area contributed by atoms with E-state index < -0.39 is 0 Å². The molecule has 0 saturated carbocycles. The summed E-state index contributed by atoms with van der Waals surface area (Å²) in [7, 11) is 2.07. The number of rotatable bonds is 1. The Morgan fingerprint density at radius 3 is 3.00 bits per heavy atom. The lowest BCUT2D eigenvalue weighted by Gasteiger charge is -2.29. The number of likely N-dealkylation sites (N-methyl/N-ethyl adjacent to an activating group) is 1. The summed E-state index contributed by atoms with van der Waals surface area (Å²) in [6, 6.07) is 0.304. The smallest absolute Gasteiger partial charge is 0.276 e. The fourth-order valence-corrected chi connectivity index (χ4v) is 1.64. The van der Waals surface area contributed by atoms with Gasteiger partial charge in [-0.25, -0.2) is 0 Å². The number of nitrogens with one attached hydrogen (secondary N) is 1. The number of carbonyl (C=O) groups is 1. The average Bonchev–Trinajstić information content (AvgIpc) is 1.85. The summed E-state index contributed by atoms with van der Waals surface area (Å²) in [5, 5.41) is 2.58. The van der Waals surface area contributed by atoms with E-state index in [2.05, 4.69) is 29.9 Å². The minimum Gasteiger partial charge on any atom is -0.343 e. The summed E-state index contributed by atoms with van der Waals surface area (Å²) < 4.78 is 0. The van der Waals surface area contributed by atoms with Crippen LogP contribution in [0.25, 0.3) is 0 Å². The van der Waals surface area contributed by atoms with E-state index in [1.807, 2.05) is 0 Å². The Bertz CT molecular complexity index is 151. The Morgan fingerprint density at radius 1 is 1.73 bits per heavy atom. The van der Waals surface area contributed by atoms with Gasteiger partial charge in [-0.05, 0) is 26.4 Å². The summed E-state index contributed by atoms with van der Waals surface area (Å²) >= 11 is 3.67. The molecule has 3 nitrogen and oxygen atoms in total. The van der Waals surface area contributed by atoms with Crippen molar-refractivity contribution in [2.24, 2.45) is 0 Å². The Labute approximate surface area is 72.5 Å². The van der Waals surface area contributed by atoms with Crippen LogP contribution < -0.4 is 5.32 Å². The van der Waals surface area contributed by atoms with E-state index in [1.54, 1.807) is 0 Å². The van der Waals surface area contributed by atoms with Crippen molar-refractivity contribution in [1.82, 2.24) is 10.2 Å². The topological polar surface area (TPSA) is 32.3 Å². The molecule has 0 aromatic heterocycles. The number of nitrogens with zero attached hydrogens (tertiary/aromatic N) is 1. The molecular weight excluding hydrogens is 160 g/mol. The van der Waals surface area contributed by atoms with E-state index in [0.717, 1.165) is 25.9 Å². The molecule has 1 fully saturated rings. The zero-order chi connectivity index (χ0) is 8.27. The Kier molecular flexibility index (Phi) is 3.20. The molecule has 0 aromatic rings. The van der Waals surface area contributed by atoms with E-state index in [9.17, 15) is 4.79 Å². The highest BCUT2D eigenvalue weighted by molar-refractivity contribution is 7.96. The minimum absolute atomic E-state index is 0.217. The van der Waals surface area contributed by atoms with Crippen LogP contribution in [-0.4, -0.2) is 36.3 Å². The fraction of sp³-hybridized carbons (Fsp3) is 0.857. The number of amides is 1. The lowest BCUT2D eigenvalue weighted by atomic mass is 10.1. The highest BCUT2D eigenvalue weighted by Crippen LogP contribution is 2.07. The molecule has 1 atom stereocenters. The van der Waals surface area contributed by atoms with E-state index in [0.29, 0.717) is 6.04 Å². The van der Waals surface area contributed by atoms with E-state index in [4.69, 9.17) is 0 Å². The largest absolute Gasteiger partial charge is 0.343 e. The summed E-state index contributed by atoms with van der Waals surface area (Å²) in [5.74, 6) is 0. The van der Waals surface area contributed by atoms with Crippen LogP contribution in [0.2, 0.25) is 0 Å². The third-order valence-electron chi connectivity index (χ3n) is 1.95. The van der Waals surface area contributed by atoms with Gasteiger partial charge in [0.25, 0.3) is 5.24 Å². The molecule has 11 heavy (non-hydrogen) atoms. The predicted molar refractivity (Wildman–Crippen MR) is 48.0 cm³/mol. The van der Waals surface area contributed by atoms with Gasteiger partial charge in [0.1, 0.15) is 0 Å². The van der Waals surface area contributed by atoms with Crippen LogP contribution in [0.4, 0.5) is 4.79 Å². The normalized spacial score (nSPS) is 26.5. The summed E-state index contributed by atoms with van der Waals surface area (Å²) in [4.78, 5) is 12.8. The van der Waals surface area contributed by atoms with E-state index >= 15 is 0 Å². The molecule has 1 rings (SSSR count). The van der Waals surface area contributed by atoms with Crippen LogP contribution in [0, 0.1) is 0 Å². The number of likely N-dealkylation sites (tertiary alicyclic amines) is 1. The molecule has 4 heteroatoms. The highest BCUT2D eigenvalue weighted by atomic mass is 32.1. The molecular formula is C7H14N2OS. The number of hydrogen-bond acceptors (Lipinski definition) is 2. The summed E-state index contributed by atoms with van der Waals surface area (Å²) in [6.07, 6.45) is 2.24. The fourth-order valence-electron chi connectivity index (χ4n) is 1.46. The predicted octanol–water partition coefficient (Wildman–Crippen LogP) is 0.720. The minimum atomic E-state index is -0.217. The molecule has 64 valence electrons. The van der Waals surface area contributed by atoms with Crippen molar-refractivity contribution >= 4 is 17.9 Å². The van der Waals surface area contributed by atoms with Gasteiger partial charge in [0.15, 0.2) is 0 Å². The number of piperidine rings is 1. The Morgan fingerprint density at radius 2 is 2.45 bits per heavy atom. The second kappa shape index (κ2) is 3.97. The lowest BCUT2D eigenvalue weighted by Crippen LogP contribution is -2.44. The van der Waals surface area contributed by atoms with Gasteiger partial charge in [0.05, 0.1) is 0 Å². The first kappa shape index (κ1) is 8.87. The van der Waals surface area contributed by atoms with Gasteiger partial charge < -0.3 is 10.2 Å². The average molecular weight is 174 g/mol. The van der Waals surface area contributed by atoms with Gasteiger partial charge >= 0.3 is 0 Å². The molecule has 0 bridgehead atoms. The van der Waals surface area contributed by atoms with Gasteiger partial charge in [-0.1, -0.05) is 12.6 Å². The number of hydrogen-bond donors (Lipinski definition) is 2. The van der Waals surface area contributed by atoms with E-state index in [-0.39, 0.29) is 5.24 Å². The van der Waals surface area contributed by atoms with Crippen molar-refractivity contribution in [2.45, 2.75) is 18.9 Å². The Balaban J connectivity index is 2.28. The third-order valence-corrected chi connectivity index (χ3v) is 2.08. The second-order valence-corrected chi connectivity index (χ2v) is 3.46. The first-order chi connectivity index (χ1) is 5.18. The molecule has 1 unspecified atom stereocenters. The molecule has 0 spiro atoms. The monoisotopic (exact) mass is 174 g/mol. The van der Waals surface area contributed by atoms with Crippen molar-refractivity contribution in [1.29, 1.82) is 0 Å². The zero-order valence-electron chi connectivity index (χ0n) is 6.71.